The van der Waals surface area contributed by atoms with E-state index in [1.165, 1.54) is 31.3 Å². The summed E-state index contributed by atoms with van der Waals surface area (Å²) in [6.07, 6.45) is 0. The van der Waals surface area contributed by atoms with E-state index in [-0.39, 0.29) is 10.5 Å². The molecule has 0 aliphatic rings. The van der Waals surface area contributed by atoms with Crippen LogP contribution in [0.1, 0.15) is 21.5 Å². The quantitative estimate of drug-likeness (QED) is 0.483. The van der Waals surface area contributed by atoms with Gasteiger partial charge in [0.25, 0.3) is 15.9 Å². The number of benzene rings is 3. The number of ether oxygens (including phenoxy) is 1. The van der Waals surface area contributed by atoms with E-state index in [2.05, 4.69) is 10.6 Å². The maximum Gasteiger partial charge on any atom is 0.338 e. The molecule has 0 spiro atoms. The van der Waals surface area contributed by atoms with Gasteiger partial charge in [-0.2, -0.15) is 0 Å². The Labute approximate surface area is 203 Å². The van der Waals surface area contributed by atoms with Crippen molar-refractivity contribution >= 4 is 39.3 Å². The number of hydrogen-bond donors (Lipinski definition) is 2. The molecule has 0 aliphatic heterocycles. The zero-order valence-corrected chi connectivity index (χ0v) is 20.3. The van der Waals surface area contributed by atoms with Crippen LogP contribution in [0.5, 0.6) is 0 Å². The average molecular weight is 496 g/mol. The summed E-state index contributed by atoms with van der Waals surface area (Å²) in [5.41, 5.74) is 3.10. The maximum absolute atomic E-state index is 12.8. The Bertz CT molecular complexity index is 1340. The van der Waals surface area contributed by atoms with E-state index in [9.17, 15) is 22.8 Å². The molecular weight excluding hydrogens is 470 g/mol. The van der Waals surface area contributed by atoms with Gasteiger partial charge in [0.05, 0.1) is 16.1 Å². The van der Waals surface area contributed by atoms with Crippen LogP contribution in [0.15, 0.2) is 77.7 Å². The maximum atomic E-state index is 12.8. The molecule has 0 unspecified atom stereocenters. The van der Waals surface area contributed by atoms with Crippen molar-refractivity contribution in [2.45, 2.75) is 18.7 Å². The highest BCUT2D eigenvalue weighted by Crippen LogP contribution is 2.22. The first-order valence-electron chi connectivity index (χ1n) is 10.6. The van der Waals surface area contributed by atoms with Crippen LogP contribution in [-0.2, 0) is 19.6 Å². The number of esters is 1. The molecule has 0 bridgehead atoms. The third-order valence-electron chi connectivity index (χ3n) is 5.22. The Balaban J connectivity index is 1.54. The summed E-state index contributed by atoms with van der Waals surface area (Å²) in [7, 11) is -2.40. The Morgan fingerprint density at radius 1 is 0.886 bits per heavy atom. The minimum Gasteiger partial charge on any atom is -0.452 e. The molecule has 0 heterocycles. The molecule has 3 aromatic carbocycles. The van der Waals surface area contributed by atoms with Gasteiger partial charge in [-0.3, -0.25) is 14.4 Å². The number of carbonyl (C=O) groups excluding carboxylic acids is 3. The molecule has 9 nitrogen and oxygen atoms in total. The van der Waals surface area contributed by atoms with Crippen molar-refractivity contribution in [3.63, 3.8) is 0 Å². The number of nitrogens with one attached hydrogen (secondary N) is 2. The fraction of sp³-hybridized carbons (Fsp3) is 0.160. The molecule has 0 aromatic heterocycles. The number of aryl methyl sites for hydroxylation is 2. The summed E-state index contributed by atoms with van der Waals surface area (Å²) >= 11 is 0. The van der Waals surface area contributed by atoms with E-state index in [1.807, 2.05) is 19.9 Å². The third kappa shape index (κ3) is 6.45. The lowest BCUT2D eigenvalue weighted by Gasteiger charge is -2.19. The van der Waals surface area contributed by atoms with Crippen LogP contribution >= 0.6 is 0 Å². The van der Waals surface area contributed by atoms with Gasteiger partial charge >= 0.3 is 12.0 Å². The molecule has 2 N–H and O–H groups in total. The van der Waals surface area contributed by atoms with Crippen LogP contribution < -0.4 is 14.9 Å². The molecule has 0 atom stereocenters. The molecule has 3 amide bonds. The summed E-state index contributed by atoms with van der Waals surface area (Å²) in [6.45, 7) is 3.15. The Morgan fingerprint density at radius 3 is 2.17 bits per heavy atom. The minimum absolute atomic E-state index is 0.0128. The summed E-state index contributed by atoms with van der Waals surface area (Å²) < 4.78 is 31.7. The lowest BCUT2D eigenvalue weighted by molar-refractivity contribution is -0.123. The molecule has 182 valence electrons. The monoisotopic (exact) mass is 495 g/mol. The number of nitrogens with zero attached hydrogens (tertiary/aromatic N) is 1. The van der Waals surface area contributed by atoms with Gasteiger partial charge in [-0.1, -0.05) is 24.3 Å². The number of hydrogen-bond acceptors (Lipinski definition) is 6. The second-order valence-electron chi connectivity index (χ2n) is 7.71. The first-order chi connectivity index (χ1) is 16.6. The zero-order chi connectivity index (χ0) is 25.6. The van der Waals surface area contributed by atoms with Gasteiger partial charge in [-0.25, -0.2) is 18.0 Å². The van der Waals surface area contributed by atoms with Crippen molar-refractivity contribution in [3.05, 3.63) is 89.5 Å². The summed E-state index contributed by atoms with van der Waals surface area (Å²) in [6, 6.07) is 18.2. The number of sulfonamides is 1. The van der Waals surface area contributed by atoms with Gasteiger partial charge < -0.3 is 10.1 Å². The van der Waals surface area contributed by atoms with Crippen LogP contribution in [0.25, 0.3) is 0 Å². The van der Waals surface area contributed by atoms with E-state index in [0.29, 0.717) is 11.4 Å². The predicted molar refractivity (Wildman–Crippen MR) is 132 cm³/mol. The van der Waals surface area contributed by atoms with Gasteiger partial charge in [0.2, 0.25) is 0 Å². The highest BCUT2D eigenvalue weighted by molar-refractivity contribution is 7.92. The fourth-order valence-corrected chi connectivity index (χ4v) is 4.25. The molecule has 0 aliphatic carbocycles. The number of carbonyl (C=O) groups is 3. The van der Waals surface area contributed by atoms with Crippen LogP contribution in [0.2, 0.25) is 0 Å². The smallest absolute Gasteiger partial charge is 0.338 e. The van der Waals surface area contributed by atoms with E-state index in [0.717, 1.165) is 15.4 Å². The highest BCUT2D eigenvalue weighted by Gasteiger charge is 2.22. The molecule has 35 heavy (non-hydrogen) atoms. The van der Waals surface area contributed by atoms with Crippen LogP contribution in [0.4, 0.5) is 16.2 Å². The fourth-order valence-electron chi connectivity index (χ4n) is 3.06. The van der Waals surface area contributed by atoms with E-state index >= 15 is 0 Å². The molecule has 0 fully saturated rings. The van der Waals surface area contributed by atoms with Crippen molar-refractivity contribution in [2.75, 3.05) is 23.3 Å². The number of para-hydroxylation sites is 1. The highest BCUT2D eigenvalue weighted by atomic mass is 32.2. The van der Waals surface area contributed by atoms with Crippen molar-refractivity contribution in [1.82, 2.24) is 5.32 Å². The molecule has 10 heteroatoms. The molecule has 0 saturated carbocycles. The van der Waals surface area contributed by atoms with Crippen molar-refractivity contribution < 1.29 is 27.5 Å². The second-order valence-corrected chi connectivity index (χ2v) is 9.68. The standard InChI is InChI=1S/C25H25N3O6S/c1-17-9-12-20(15-18(17)2)26-25(31)27-23(29)16-34-24(30)19-10-13-22(14-11-19)35(32,33)28(3)21-7-5-4-6-8-21/h4-15H,16H2,1-3H3,(H2,26,27,29,31). The number of anilines is 2. The first-order valence-corrected chi connectivity index (χ1v) is 12.0. The topological polar surface area (TPSA) is 122 Å². The van der Waals surface area contributed by atoms with Gasteiger partial charge in [-0.05, 0) is 73.5 Å². The molecule has 0 saturated heterocycles. The lowest BCUT2D eigenvalue weighted by atomic mass is 10.1. The summed E-state index contributed by atoms with van der Waals surface area (Å²) in [4.78, 5) is 36.2. The Hall–Kier alpha value is -4.18. The Morgan fingerprint density at radius 2 is 1.54 bits per heavy atom. The average Bonchev–Trinajstić information content (AvgIpc) is 2.84. The molecule has 0 radical (unpaired) electrons. The van der Waals surface area contributed by atoms with Crippen LogP contribution in [0.3, 0.4) is 0 Å². The predicted octanol–water partition coefficient (Wildman–Crippen LogP) is 3.63. The summed E-state index contributed by atoms with van der Waals surface area (Å²) in [5.74, 6) is -1.65. The summed E-state index contributed by atoms with van der Waals surface area (Å²) in [5, 5.41) is 4.60. The molecular formula is C25H25N3O6S. The first kappa shape index (κ1) is 25.4. The minimum atomic E-state index is -3.83. The van der Waals surface area contributed by atoms with Crippen LogP contribution in [-0.4, -0.2) is 40.0 Å². The molecule has 3 rings (SSSR count). The number of urea groups is 1. The van der Waals surface area contributed by atoms with Crippen molar-refractivity contribution in [1.29, 1.82) is 0 Å². The van der Waals surface area contributed by atoms with Gasteiger partial charge in [-0.15, -0.1) is 0 Å². The van der Waals surface area contributed by atoms with Crippen molar-refractivity contribution in [2.24, 2.45) is 0 Å². The zero-order valence-electron chi connectivity index (χ0n) is 19.4. The molecule has 3 aromatic rings. The van der Waals surface area contributed by atoms with E-state index < -0.39 is 34.5 Å². The largest absolute Gasteiger partial charge is 0.452 e. The van der Waals surface area contributed by atoms with Crippen molar-refractivity contribution in [3.8, 4) is 0 Å². The lowest BCUT2D eigenvalue weighted by Crippen LogP contribution is -2.37. The normalized spacial score (nSPS) is 10.8. The number of amides is 3. The van der Waals surface area contributed by atoms with Gasteiger partial charge in [0.1, 0.15) is 0 Å². The number of imide groups is 1. The SMILES string of the molecule is Cc1ccc(NC(=O)NC(=O)COC(=O)c2ccc(S(=O)(=O)N(C)c3ccccc3)cc2)cc1C. The second kappa shape index (κ2) is 10.8. The van der Waals surface area contributed by atoms with Gasteiger partial charge in [0, 0.05) is 12.7 Å². The Kier molecular flexibility index (Phi) is 7.87. The third-order valence-corrected chi connectivity index (χ3v) is 7.02. The van der Waals surface area contributed by atoms with Crippen LogP contribution in [0, 0.1) is 13.8 Å². The number of rotatable bonds is 7. The van der Waals surface area contributed by atoms with E-state index in [4.69, 9.17) is 4.74 Å². The van der Waals surface area contributed by atoms with E-state index in [1.54, 1.807) is 42.5 Å². The van der Waals surface area contributed by atoms with Gasteiger partial charge in [0.15, 0.2) is 6.61 Å².